The van der Waals surface area contributed by atoms with Gasteiger partial charge in [-0.1, -0.05) is 19.6 Å². The maximum Gasteiger partial charge on any atom is 0.128 e. The molecule has 0 saturated heterocycles. The van der Waals surface area contributed by atoms with E-state index in [1.165, 1.54) is 0 Å². The van der Waals surface area contributed by atoms with Gasteiger partial charge < -0.3 is 0 Å². The first-order valence-corrected chi connectivity index (χ1v) is 5.54. The number of hydrogen-bond donors (Lipinski definition) is 0. The molecule has 0 heterocycles. The quantitative estimate of drug-likeness (QED) is 0.351. The molecule has 42 valence electrons. The molecule has 0 radical (unpaired) electrons. The van der Waals surface area contributed by atoms with E-state index >= 15 is 0 Å². The molecule has 0 aromatic carbocycles. The molecule has 0 aliphatic carbocycles. The first kappa shape index (κ1) is 10.9. The van der Waals surface area contributed by atoms with Crippen molar-refractivity contribution in [3.8, 4) is 12.0 Å². The van der Waals surface area contributed by atoms with Crippen LogP contribution < -0.4 is 0 Å². The fraction of sp³-hybridized carbons (Fsp3) is 0.600. The summed E-state index contributed by atoms with van der Waals surface area (Å²) in [5.74, 6) is 0. The fourth-order valence-electron chi connectivity index (χ4n) is 0. The molecule has 0 nitrogen and oxygen atoms in total. The molecule has 0 N–H and O–H groups in total. The zero-order chi connectivity index (χ0) is 5.21. The average molecular weight is 138 g/mol. The van der Waals surface area contributed by atoms with Crippen LogP contribution in [0.1, 0.15) is 0 Å². The first-order valence-electron chi connectivity index (χ1n) is 2.04. The van der Waals surface area contributed by atoms with Gasteiger partial charge in [-0.15, -0.1) is 12.0 Å². The molecule has 0 fully saturated rings. The van der Waals surface area contributed by atoms with Crippen LogP contribution in [0.2, 0.25) is 19.6 Å². The zero-order valence-electron chi connectivity index (χ0n) is 4.93. The maximum absolute atomic E-state index is 5.12. The summed E-state index contributed by atoms with van der Waals surface area (Å²) in [5, 5.41) is 0. The molecule has 0 atom stereocenters. The largest absolute Gasteiger partial charge is 0.135 e. The summed E-state index contributed by atoms with van der Waals surface area (Å²) in [6, 6.07) is 0. The van der Waals surface area contributed by atoms with Crippen LogP contribution in [0.3, 0.4) is 0 Å². The van der Waals surface area contributed by atoms with Crippen LogP contribution in [-0.4, -0.2) is 8.07 Å². The molecule has 0 aliphatic rings. The molecule has 0 spiro atoms. The van der Waals surface area contributed by atoms with Crippen LogP contribution in [0.25, 0.3) is 0 Å². The van der Waals surface area contributed by atoms with Crippen LogP contribution in [0.5, 0.6) is 0 Å². The number of hydrogen-bond acceptors (Lipinski definition) is 0. The summed E-state index contributed by atoms with van der Waals surface area (Å²) in [6.45, 7) is 6.44. The predicted molar refractivity (Wildman–Crippen MR) is 32.2 cm³/mol. The third-order valence-electron chi connectivity index (χ3n) is 0.433. The second-order valence-corrected chi connectivity index (χ2v) is 7.18. The third-order valence-corrected chi connectivity index (χ3v) is 1.30. The van der Waals surface area contributed by atoms with E-state index in [1.807, 2.05) is 0 Å². The van der Waals surface area contributed by atoms with Crippen LogP contribution >= 0.6 is 0 Å². The van der Waals surface area contributed by atoms with E-state index in [4.69, 9.17) is 6.42 Å². The van der Waals surface area contributed by atoms with Gasteiger partial charge in [-0.3, -0.25) is 0 Å². The van der Waals surface area contributed by atoms with Crippen molar-refractivity contribution in [2.24, 2.45) is 0 Å². The van der Waals surface area contributed by atoms with E-state index in [0.717, 1.165) is 0 Å². The topological polar surface area (TPSA) is 0 Å². The molecule has 0 aliphatic heterocycles. The van der Waals surface area contributed by atoms with Crippen molar-refractivity contribution in [1.29, 1.82) is 0 Å². The van der Waals surface area contributed by atoms with Gasteiger partial charge in [-0.2, -0.15) is 0 Å². The van der Waals surface area contributed by atoms with E-state index < -0.39 is 8.07 Å². The molecular formula is C5H10ArSi. The van der Waals surface area contributed by atoms with Crippen LogP contribution in [0, 0.1) is 49.7 Å². The molecular weight excluding hydrogens is 128 g/mol. The van der Waals surface area contributed by atoms with E-state index in [9.17, 15) is 0 Å². The molecule has 0 unspecified atom stereocenters. The van der Waals surface area contributed by atoms with Crippen LogP contribution in [0.15, 0.2) is 0 Å². The Morgan fingerprint density at radius 1 is 1.29 bits per heavy atom. The van der Waals surface area contributed by atoms with Crippen molar-refractivity contribution in [3.05, 3.63) is 0 Å². The minimum Gasteiger partial charge on any atom is -0.135 e. The Hall–Kier alpha value is 1.04. The van der Waals surface area contributed by atoms with Crippen molar-refractivity contribution in [3.63, 3.8) is 0 Å². The van der Waals surface area contributed by atoms with Gasteiger partial charge in [0.1, 0.15) is 8.07 Å². The summed E-state index contributed by atoms with van der Waals surface area (Å²) in [7, 11) is -1.10. The van der Waals surface area contributed by atoms with Gasteiger partial charge >= 0.3 is 0 Å². The molecule has 0 amide bonds. The van der Waals surface area contributed by atoms with Crippen LogP contribution in [0.4, 0.5) is 0 Å². The van der Waals surface area contributed by atoms with E-state index in [1.54, 1.807) is 0 Å². The summed E-state index contributed by atoms with van der Waals surface area (Å²) in [6.07, 6.45) is 5.12. The van der Waals surface area contributed by atoms with Crippen molar-refractivity contribution < 1.29 is 37.7 Å². The molecule has 2 heteroatoms. The van der Waals surface area contributed by atoms with Gasteiger partial charge in [0.05, 0.1) is 0 Å². The molecule has 0 saturated carbocycles. The normalized spacial score (nSPS) is 8.86. The van der Waals surface area contributed by atoms with Gasteiger partial charge in [-0.25, -0.2) is 0 Å². The third kappa shape index (κ3) is 11.0. The second-order valence-electron chi connectivity index (χ2n) is 2.39. The Bertz CT molecular complexity index is 75.1. The Labute approximate surface area is 76.7 Å². The van der Waals surface area contributed by atoms with Crippen LogP contribution in [-0.2, 0) is 0 Å². The molecule has 0 rings (SSSR count). The number of terminal acetylenes is 1. The van der Waals surface area contributed by atoms with Gasteiger partial charge in [0.2, 0.25) is 0 Å². The fourth-order valence-corrected chi connectivity index (χ4v) is 0. The maximum atomic E-state index is 5.12. The molecule has 7 heavy (non-hydrogen) atoms. The van der Waals surface area contributed by atoms with E-state index in [2.05, 4.69) is 25.2 Å². The smallest absolute Gasteiger partial charge is 0.128 e. The Balaban J connectivity index is 0. The first-order chi connectivity index (χ1) is 2.56. The Morgan fingerprint density at radius 2 is 1.43 bits per heavy atom. The van der Waals surface area contributed by atoms with Crippen molar-refractivity contribution >= 4 is 8.07 Å². The van der Waals surface area contributed by atoms with Gasteiger partial charge in [0.25, 0.3) is 0 Å². The van der Waals surface area contributed by atoms with Crippen molar-refractivity contribution in [2.75, 3.05) is 0 Å². The summed E-state index contributed by atoms with van der Waals surface area (Å²) < 4.78 is 0. The standard InChI is InChI=1S/C5H10Si.Ar/c1-5-6(2,3)4;/h1H,2-4H3;. The summed E-state index contributed by atoms with van der Waals surface area (Å²) in [5.41, 5.74) is 2.74. The summed E-state index contributed by atoms with van der Waals surface area (Å²) in [4.78, 5) is 0. The Morgan fingerprint density at radius 3 is 1.43 bits per heavy atom. The van der Waals surface area contributed by atoms with Gasteiger partial charge in [0.15, 0.2) is 0 Å². The average Bonchev–Trinajstić information content (AvgIpc) is 1.35. The summed E-state index contributed by atoms with van der Waals surface area (Å²) >= 11 is 0. The van der Waals surface area contributed by atoms with E-state index in [0.29, 0.717) is 0 Å². The zero-order valence-corrected chi connectivity index (χ0v) is 6.64. The van der Waals surface area contributed by atoms with E-state index in [-0.39, 0.29) is 37.7 Å². The monoisotopic (exact) mass is 138 g/mol. The minimum absolute atomic E-state index is 0. The minimum atomic E-state index is -1.10. The number of rotatable bonds is 0. The van der Waals surface area contributed by atoms with Gasteiger partial charge in [0, 0.05) is 37.7 Å². The second kappa shape index (κ2) is 3.97. The predicted octanol–water partition coefficient (Wildman–Crippen LogP) is 1.50. The molecule has 0 aromatic heterocycles. The SMILES string of the molecule is C#C[Si](C)(C)C.[Ar]. The van der Waals surface area contributed by atoms with Gasteiger partial charge in [-0.05, 0) is 0 Å². The van der Waals surface area contributed by atoms with Crippen molar-refractivity contribution in [1.82, 2.24) is 0 Å². The molecule has 0 bridgehead atoms. The molecule has 0 aromatic rings. The van der Waals surface area contributed by atoms with Crippen molar-refractivity contribution in [2.45, 2.75) is 19.6 Å². The Kier molecular flexibility index (Phi) is 6.19.